The number of carbonyl (C=O) groups is 1. The lowest BCUT2D eigenvalue weighted by Crippen LogP contribution is -2.04. The average Bonchev–Trinajstić information content (AvgIpc) is 2.92. The Morgan fingerprint density at radius 2 is 2.25 bits per heavy atom. The van der Waals surface area contributed by atoms with E-state index in [0.717, 1.165) is 11.3 Å². The molecule has 1 aromatic heterocycles. The fourth-order valence-corrected chi connectivity index (χ4v) is 1.86. The molecular formula is C13H16N4O3. The lowest BCUT2D eigenvalue weighted by molar-refractivity contribution is -0.137. The second kappa shape index (κ2) is 6.65. The van der Waals surface area contributed by atoms with Gasteiger partial charge in [0.2, 0.25) is 0 Å². The van der Waals surface area contributed by atoms with E-state index < -0.39 is 5.97 Å². The van der Waals surface area contributed by atoms with Gasteiger partial charge in [-0.15, -0.1) is 5.10 Å². The summed E-state index contributed by atoms with van der Waals surface area (Å²) in [6.07, 6.45) is 1.48. The molecule has 0 unspecified atom stereocenters. The summed E-state index contributed by atoms with van der Waals surface area (Å²) in [5, 5.41) is 20.2. The first-order chi connectivity index (χ1) is 9.70. The minimum atomic E-state index is -0.783. The summed E-state index contributed by atoms with van der Waals surface area (Å²) in [7, 11) is 1.61. The zero-order valence-corrected chi connectivity index (χ0v) is 11.2. The molecule has 0 amide bonds. The van der Waals surface area contributed by atoms with Crippen LogP contribution in [-0.2, 0) is 11.3 Å². The number of nitrogens with zero attached hydrogens (tertiary/aromatic N) is 4. The predicted molar refractivity (Wildman–Crippen MR) is 71.3 cm³/mol. The smallest absolute Gasteiger partial charge is 0.303 e. The highest BCUT2D eigenvalue weighted by molar-refractivity contribution is 5.66. The number of hydrogen-bond donors (Lipinski definition) is 1. The standard InChI is InChI=1S/C13H16N4O3/c1-20-11-6-4-5-10(9-11)13-14-15-16-17(13)8-3-2-7-12(18)19/h4-6,9H,2-3,7-8H2,1H3,(H,18,19). The maximum Gasteiger partial charge on any atom is 0.303 e. The fourth-order valence-electron chi connectivity index (χ4n) is 1.86. The van der Waals surface area contributed by atoms with Gasteiger partial charge in [0.05, 0.1) is 7.11 Å². The Morgan fingerprint density at radius 3 is 3.00 bits per heavy atom. The number of aliphatic carboxylic acids is 1. The number of rotatable bonds is 7. The van der Waals surface area contributed by atoms with E-state index >= 15 is 0 Å². The van der Waals surface area contributed by atoms with Gasteiger partial charge in [0.15, 0.2) is 5.82 Å². The molecule has 0 radical (unpaired) electrons. The SMILES string of the molecule is COc1cccc(-c2nnnn2CCCCC(=O)O)c1. The van der Waals surface area contributed by atoms with Gasteiger partial charge in [-0.25, -0.2) is 4.68 Å². The van der Waals surface area contributed by atoms with E-state index in [9.17, 15) is 4.79 Å². The van der Waals surface area contributed by atoms with Crippen LogP contribution in [0.5, 0.6) is 5.75 Å². The third-order valence-corrected chi connectivity index (χ3v) is 2.87. The van der Waals surface area contributed by atoms with Crippen molar-refractivity contribution in [1.82, 2.24) is 20.2 Å². The second-order valence-corrected chi connectivity index (χ2v) is 4.31. The summed E-state index contributed by atoms with van der Waals surface area (Å²) in [4.78, 5) is 10.5. The van der Waals surface area contributed by atoms with Crippen molar-refractivity contribution in [3.05, 3.63) is 24.3 Å². The van der Waals surface area contributed by atoms with Gasteiger partial charge < -0.3 is 9.84 Å². The molecule has 0 atom stereocenters. The number of carboxylic acids is 1. The number of hydrogen-bond acceptors (Lipinski definition) is 5. The van der Waals surface area contributed by atoms with E-state index in [-0.39, 0.29) is 6.42 Å². The Bertz CT molecular complexity index is 583. The molecule has 7 nitrogen and oxygen atoms in total. The molecule has 1 N–H and O–H groups in total. The van der Waals surface area contributed by atoms with Crippen molar-refractivity contribution in [3.63, 3.8) is 0 Å². The average molecular weight is 276 g/mol. The number of aromatic nitrogens is 4. The maximum atomic E-state index is 10.5. The predicted octanol–water partition coefficient (Wildman–Crippen LogP) is 1.60. The molecule has 0 saturated heterocycles. The Hall–Kier alpha value is -2.44. The Labute approximate surface area is 116 Å². The summed E-state index contributed by atoms with van der Waals surface area (Å²) in [6, 6.07) is 7.49. The molecule has 0 aliphatic carbocycles. The highest BCUT2D eigenvalue weighted by Gasteiger charge is 2.09. The van der Waals surface area contributed by atoms with Crippen LogP contribution in [0.3, 0.4) is 0 Å². The molecule has 20 heavy (non-hydrogen) atoms. The molecule has 0 bridgehead atoms. The van der Waals surface area contributed by atoms with E-state index in [1.165, 1.54) is 0 Å². The van der Waals surface area contributed by atoms with Crippen LogP contribution in [0.25, 0.3) is 11.4 Å². The fraction of sp³-hybridized carbons (Fsp3) is 0.385. The molecule has 0 spiro atoms. The third-order valence-electron chi connectivity index (χ3n) is 2.87. The Balaban J connectivity index is 2.05. The lowest BCUT2D eigenvalue weighted by atomic mass is 10.2. The number of aryl methyl sites for hydroxylation is 1. The van der Waals surface area contributed by atoms with E-state index in [4.69, 9.17) is 9.84 Å². The Kier molecular flexibility index (Phi) is 4.65. The molecule has 2 aromatic rings. The molecule has 0 saturated carbocycles. The first kappa shape index (κ1) is 14.0. The highest BCUT2D eigenvalue weighted by Crippen LogP contribution is 2.21. The summed E-state index contributed by atoms with van der Waals surface area (Å²) in [5.41, 5.74) is 0.868. The van der Waals surface area contributed by atoms with Gasteiger partial charge in [0.1, 0.15) is 5.75 Å². The Morgan fingerprint density at radius 1 is 1.40 bits per heavy atom. The number of unbranched alkanes of at least 4 members (excludes halogenated alkanes) is 1. The lowest BCUT2D eigenvalue weighted by Gasteiger charge is -2.05. The molecule has 106 valence electrons. The van der Waals surface area contributed by atoms with Crippen LogP contribution in [0, 0.1) is 0 Å². The summed E-state index contributed by atoms with van der Waals surface area (Å²) < 4.78 is 6.85. The molecule has 2 rings (SSSR count). The third kappa shape index (κ3) is 3.53. The minimum absolute atomic E-state index is 0.163. The maximum absolute atomic E-state index is 10.5. The summed E-state index contributed by atoms with van der Waals surface area (Å²) in [6.45, 7) is 0.590. The first-order valence-electron chi connectivity index (χ1n) is 6.33. The van der Waals surface area contributed by atoms with Crippen LogP contribution in [0.15, 0.2) is 24.3 Å². The van der Waals surface area contributed by atoms with Crippen molar-refractivity contribution in [3.8, 4) is 17.1 Å². The molecule has 1 heterocycles. The van der Waals surface area contributed by atoms with Gasteiger partial charge >= 0.3 is 5.97 Å². The number of methoxy groups -OCH3 is 1. The molecule has 0 fully saturated rings. The van der Waals surface area contributed by atoms with Gasteiger partial charge in [0, 0.05) is 18.5 Å². The number of tetrazole rings is 1. The van der Waals surface area contributed by atoms with Crippen LogP contribution >= 0.6 is 0 Å². The quantitative estimate of drug-likeness (QED) is 0.772. The zero-order chi connectivity index (χ0) is 14.4. The molecule has 1 aromatic carbocycles. The van der Waals surface area contributed by atoms with Gasteiger partial charge in [-0.2, -0.15) is 0 Å². The topological polar surface area (TPSA) is 90.1 Å². The number of benzene rings is 1. The first-order valence-corrected chi connectivity index (χ1v) is 6.33. The van der Waals surface area contributed by atoms with Crippen LogP contribution in [0.2, 0.25) is 0 Å². The van der Waals surface area contributed by atoms with Gasteiger partial charge in [-0.1, -0.05) is 12.1 Å². The highest BCUT2D eigenvalue weighted by atomic mass is 16.5. The minimum Gasteiger partial charge on any atom is -0.497 e. The molecule has 0 aliphatic heterocycles. The van der Waals surface area contributed by atoms with Crippen LogP contribution in [0.1, 0.15) is 19.3 Å². The van der Waals surface area contributed by atoms with Crippen molar-refractivity contribution >= 4 is 5.97 Å². The number of ether oxygens (including phenoxy) is 1. The molecular weight excluding hydrogens is 260 g/mol. The normalized spacial score (nSPS) is 10.4. The van der Waals surface area contributed by atoms with Crippen LogP contribution in [-0.4, -0.2) is 38.4 Å². The summed E-state index contributed by atoms with van der Waals surface area (Å²) >= 11 is 0. The molecule has 7 heteroatoms. The van der Waals surface area contributed by atoms with Crippen molar-refractivity contribution in [1.29, 1.82) is 0 Å². The van der Waals surface area contributed by atoms with Crippen molar-refractivity contribution in [2.24, 2.45) is 0 Å². The monoisotopic (exact) mass is 276 g/mol. The largest absolute Gasteiger partial charge is 0.497 e. The van der Waals surface area contributed by atoms with Gasteiger partial charge in [-0.3, -0.25) is 4.79 Å². The van der Waals surface area contributed by atoms with Crippen molar-refractivity contribution in [2.45, 2.75) is 25.8 Å². The second-order valence-electron chi connectivity index (χ2n) is 4.31. The van der Waals surface area contributed by atoms with Crippen LogP contribution < -0.4 is 4.74 Å². The number of carboxylic acid groups (broad SMARTS) is 1. The van der Waals surface area contributed by atoms with Crippen molar-refractivity contribution in [2.75, 3.05) is 7.11 Å². The summed E-state index contributed by atoms with van der Waals surface area (Å²) in [5.74, 6) is 0.608. The van der Waals surface area contributed by atoms with Gasteiger partial charge in [0.25, 0.3) is 0 Å². The van der Waals surface area contributed by atoms with E-state index in [2.05, 4.69) is 15.5 Å². The van der Waals surface area contributed by atoms with Crippen LogP contribution in [0.4, 0.5) is 0 Å². The van der Waals surface area contributed by atoms with Gasteiger partial charge in [-0.05, 0) is 35.4 Å². The molecule has 0 aliphatic rings. The van der Waals surface area contributed by atoms with E-state index in [1.807, 2.05) is 24.3 Å². The van der Waals surface area contributed by atoms with E-state index in [1.54, 1.807) is 11.8 Å². The zero-order valence-electron chi connectivity index (χ0n) is 11.2. The van der Waals surface area contributed by atoms with Crippen molar-refractivity contribution < 1.29 is 14.6 Å². The van der Waals surface area contributed by atoms with E-state index in [0.29, 0.717) is 25.2 Å².